The van der Waals surface area contributed by atoms with E-state index in [1.807, 2.05) is 0 Å². The highest BCUT2D eigenvalue weighted by Gasteiger charge is 2.33. The fraction of sp³-hybridized carbons (Fsp3) is 0.531. The van der Waals surface area contributed by atoms with Crippen molar-refractivity contribution in [2.45, 2.75) is 91.9 Å². The van der Waals surface area contributed by atoms with Crippen molar-refractivity contribution < 1.29 is 14.4 Å². The van der Waals surface area contributed by atoms with Crippen LogP contribution in [0, 0.1) is 24.7 Å². The molecule has 3 atom stereocenters. The van der Waals surface area contributed by atoms with Gasteiger partial charge in [-0.3, -0.25) is 14.4 Å². The molecule has 1 aromatic carbocycles. The van der Waals surface area contributed by atoms with Gasteiger partial charge in [-0.25, -0.2) is 0 Å². The van der Waals surface area contributed by atoms with Crippen molar-refractivity contribution in [2.75, 3.05) is 0 Å². The molecule has 0 saturated heterocycles. The maximum Gasteiger partial charge on any atom is 0.163 e. The van der Waals surface area contributed by atoms with E-state index >= 15 is 0 Å². The van der Waals surface area contributed by atoms with E-state index in [0.717, 1.165) is 68.1 Å². The van der Waals surface area contributed by atoms with Gasteiger partial charge in [0.1, 0.15) is 11.6 Å². The van der Waals surface area contributed by atoms with Gasteiger partial charge >= 0.3 is 0 Å². The lowest BCUT2D eigenvalue weighted by Crippen LogP contribution is -2.30. The highest BCUT2D eigenvalue weighted by atomic mass is 16.1. The van der Waals surface area contributed by atoms with Crippen molar-refractivity contribution in [3.8, 4) is 0 Å². The Morgan fingerprint density at radius 2 is 1.86 bits per heavy atom. The average molecular weight is 475 g/mol. The number of fused-ring (bicyclic) bond motifs is 1. The largest absolute Gasteiger partial charge is 0.300 e. The molecular formula is C32H42O3. The molecule has 0 amide bonds. The van der Waals surface area contributed by atoms with E-state index in [9.17, 15) is 14.4 Å². The fourth-order valence-electron chi connectivity index (χ4n) is 6.20. The van der Waals surface area contributed by atoms with Crippen LogP contribution >= 0.6 is 0 Å². The van der Waals surface area contributed by atoms with Gasteiger partial charge in [-0.1, -0.05) is 69.2 Å². The Bertz CT molecular complexity index is 1020. The lowest BCUT2D eigenvalue weighted by Gasteiger charge is -2.32. The molecule has 0 N–H and O–H groups in total. The Morgan fingerprint density at radius 1 is 1.09 bits per heavy atom. The number of benzene rings is 1. The topological polar surface area (TPSA) is 51.2 Å². The summed E-state index contributed by atoms with van der Waals surface area (Å²) in [6.07, 6.45) is 18.9. The summed E-state index contributed by atoms with van der Waals surface area (Å²) in [6, 6.07) is 4.39. The molecule has 2 aliphatic carbocycles. The summed E-state index contributed by atoms with van der Waals surface area (Å²) >= 11 is 0. The molecule has 3 unspecified atom stereocenters. The van der Waals surface area contributed by atoms with Crippen molar-refractivity contribution >= 4 is 22.9 Å². The van der Waals surface area contributed by atoms with Gasteiger partial charge in [0, 0.05) is 17.9 Å². The molecule has 3 heteroatoms. The number of hydrogen-bond acceptors (Lipinski definition) is 3. The molecule has 0 saturated carbocycles. The van der Waals surface area contributed by atoms with Gasteiger partial charge in [-0.05, 0) is 86.5 Å². The van der Waals surface area contributed by atoms with Gasteiger partial charge in [0.25, 0.3) is 0 Å². The first-order valence-electron chi connectivity index (χ1n) is 13.5. The summed E-state index contributed by atoms with van der Waals surface area (Å²) in [5.41, 5.74) is 5.75. The van der Waals surface area contributed by atoms with Crippen LogP contribution in [0.25, 0.3) is 5.57 Å². The summed E-state index contributed by atoms with van der Waals surface area (Å²) in [7, 11) is 0. The molecule has 188 valence electrons. The molecule has 0 aliphatic heterocycles. The second-order valence-corrected chi connectivity index (χ2v) is 10.5. The molecule has 3 nitrogen and oxygen atoms in total. The molecule has 0 heterocycles. The molecule has 0 radical (unpaired) electrons. The molecule has 0 spiro atoms. The second-order valence-electron chi connectivity index (χ2n) is 10.5. The number of carbonyl (C=O) groups excluding carboxylic acids is 3. The van der Waals surface area contributed by atoms with E-state index < -0.39 is 0 Å². The number of carbonyl (C=O) groups is 3. The van der Waals surface area contributed by atoms with Crippen LogP contribution in [-0.4, -0.2) is 17.3 Å². The zero-order valence-corrected chi connectivity index (χ0v) is 22.1. The van der Waals surface area contributed by atoms with Crippen molar-refractivity contribution in [3.63, 3.8) is 0 Å². The van der Waals surface area contributed by atoms with E-state index in [0.29, 0.717) is 6.42 Å². The highest BCUT2D eigenvalue weighted by Crippen LogP contribution is 2.38. The van der Waals surface area contributed by atoms with Crippen LogP contribution in [0.1, 0.15) is 106 Å². The highest BCUT2D eigenvalue weighted by molar-refractivity contribution is 6.01. The minimum atomic E-state index is -0.0853. The lowest BCUT2D eigenvalue weighted by molar-refractivity contribution is -0.129. The molecule has 0 aromatic heterocycles. The Morgan fingerprint density at radius 3 is 2.57 bits per heavy atom. The first kappa shape index (κ1) is 27.0. The fourth-order valence-corrected chi connectivity index (χ4v) is 6.20. The first-order chi connectivity index (χ1) is 16.8. The van der Waals surface area contributed by atoms with Crippen molar-refractivity contribution in [2.24, 2.45) is 17.8 Å². The van der Waals surface area contributed by atoms with E-state index in [-0.39, 0.29) is 41.5 Å². The number of allylic oxidation sites excluding steroid dienone is 6. The maximum atomic E-state index is 13.4. The van der Waals surface area contributed by atoms with Gasteiger partial charge in [0.2, 0.25) is 0 Å². The van der Waals surface area contributed by atoms with Gasteiger partial charge in [0.05, 0.1) is 6.42 Å². The predicted molar refractivity (Wildman–Crippen MR) is 145 cm³/mol. The SMILES string of the molecule is CCCC(CC1CC(=O)c2c(ccc(C3=CC/C=C\C=C/CC3)c2C)C1)C(CC)C(=O)CC(C)=O. The van der Waals surface area contributed by atoms with Crippen molar-refractivity contribution in [3.05, 3.63) is 64.8 Å². The van der Waals surface area contributed by atoms with Crippen LogP contribution in [0.3, 0.4) is 0 Å². The number of hydrogen-bond donors (Lipinski definition) is 0. The minimum absolute atomic E-state index is 0.0363. The van der Waals surface area contributed by atoms with Crippen LogP contribution in [-0.2, 0) is 16.0 Å². The maximum absolute atomic E-state index is 13.4. The van der Waals surface area contributed by atoms with Gasteiger partial charge < -0.3 is 0 Å². The van der Waals surface area contributed by atoms with E-state index in [1.165, 1.54) is 18.1 Å². The zero-order valence-electron chi connectivity index (χ0n) is 22.1. The summed E-state index contributed by atoms with van der Waals surface area (Å²) in [4.78, 5) is 37.8. The summed E-state index contributed by atoms with van der Waals surface area (Å²) in [6.45, 7) is 7.81. The van der Waals surface area contributed by atoms with E-state index in [4.69, 9.17) is 0 Å². The number of rotatable bonds is 10. The van der Waals surface area contributed by atoms with Gasteiger partial charge in [-0.15, -0.1) is 0 Å². The second kappa shape index (κ2) is 13.0. The summed E-state index contributed by atoms with van der Waals surface area (Å²) in [5, 5.41) is 0. The molecule has 35 heavy (non-hydrogen) atoms. The average Bonchev–Trinajstić information content (AvgIpc) is 2.93. The first-order valence-corrected chi connectivity index (χ1v) is 13.5. The molecular weight excluding hydrogens is 432 g/mol. The zero-order chi connectivity index (χ0) is 25.4. The number of ketones is 3. The minimum Gasteiger partial charge on any atom is -0.300 e. The molecule has 0 fully saturated rings. The third-order valence-corrected chi connectivity index (χ3v) is 7.76. The van der Waals surface area contributed by atoms with Gasteiger partial charge in [-0.2, -0.15) is 0 Å². The Hall–Kier alpha value is -2.55. The van der Waals surface area contributed by atoms with Crippen LogP contribution in [0.2, 0.25) is 0 Å². The van der Waals surface area contributed by atoms with Crippen molar-refractivity contribution in [1.82, 2.24) is 0 Å². The van der Waals surface area contributed by atoms with Crippen LogP contribution in [0.4, 0.5) is 0 Å². The van der Waals surface area contributed by atoms with Crippen LogP contribution < -0.4 is 0 Å². The molecule has 1 aromatic rings. The third-order valence-electron chi connectivity index (χ3n) is 7.76. The Labute approximate surface area is 211 Å². The van der Waals surface area contributed by atoms with E-state index in [1.54, 1.807) is 0 Å². The van der Waals surface area contributed by atoms with Crippen molar-refractivity contribution in [1.29, 1.82) is 0 Å². The quantitative estimate of drug-likeness (QED) is 0.325. The summed E-state index contributed by atoms with van der Waals surface area (Å²) in [5.74, 6) is 0.681. The standard InChI is InChI=1S/C32H42O3/c1-5-13-26(28(6-2)30(34)18-22(3)33)19-24-20-27-16-17-29(23(4)32(27)31(35)21-24)25-14-11-9-7-8-10-12-15-25/h7-10,14,16-17,24,26,28H,5-6,11-13,15,18-21H2,1-4H3/b9-7-,10-8-,25-14?. The third kappa shape index (κ3) is 6.99. The monoisotopic (exact) mass is 474 g/mol. The smallest absolute Gasteiger partial charge is 0.163 e. The molecule has 3 rings (SSSR count). The van der Waals surface area contributed by atoms with E-state index in [2.05, 4.69) is 63.3 Å². The Kier molecular flexibility index (Phi) is 10.0. The lowest BCUT2D eigenvalue weighted by atomic mass is 9.71. The summed E-state index contributed by atoms with van der Waals surface area (Å²) < 4.78 is 0. The normalized spacial score (nSPS) is 21.5. The number of Topliss-reactive ketones (excluding diaryl/α,β-unsaturated/α-hetero) is 3. The predicted octanol–water partition coefficient (Wildman–Crippen LogP) is 7.80. The molecule has 2 aliphatic rings. The molecule has 0 bridgehead atoms. The van der Waals surface area contributed by atoms with Crippen LogP contribution in [0.5, 0.6) is 0 Å². The Balaban J connectivity index is 1.81. The van der Waals surface area contributed by atoms with Gasteiger partial charge in [0.15, 0.2) is 5.78 Å². The van der Waals surface area contributed by atoms with Crippen LogP contribution in [0.15, 0.2) is 42.5 Å².